The van der Waals surface area contributed by atoms with E-state index in [4.69, 9.17) is 10.5 Å². The Morgan fingerprint density at radius 2 is 2.11 bits per heavy atom. The van der Waals surface area contributed by atoms with E-state index in [1.807, 2.05) is 0 Å². The molecule has 1 rings (SSSR count). The third-order valence-electron chi connectivity index (χ3n) is 2.44. The number of sulfone groups is 1. The summed E-state index contributed by atoms with van der Waals surface area (Å²) in [7, 11) is -1.66. The van der Waals surface area contributed by atoms with Crippen molar-refractivity contribution in [3.63, 3.8) is 0 Å². The lowest BCUT2D eigenvalue weighted by molar-refractivity contribution is 0.0944. The largest absolute Gasteiger partial charge is 0.497 e. The summed E-state index contributed by atoms with van der Waals surface area (Å²) < 4.78 is 27.3. The predicted octanol–water partition coefficient (Wildman–Crippen LogP) is 0.440. The van der Waals surface area contributed by atoms with E-state index in [-0.39, 0.29) is 11.3 Å². The number of hydrogen-bond acceptors (Lipinski definition) is 5. The zero-order chi connectivity index (χ0) is 14.6. The zero-order valence-corrected chi connectivity index (χ0v) is 12.0. The normalized spacial score (nSPS) is 12.8. The van der Waals surface area contributed by atoms with Gasteiger partial charge >= 0.3 is 0 Å². The van der Waals surface area contributed by atoms with E-state index in [1.54, 1.807) is 19.1 Å². The summed E-state index contributed by atoms with van der Waals surface area (Å²) in [6.07, 6.45) is 1.12. The fourth-order valence-electron chi connectivity index (χ4n) is 1.66. The molecule has 0 bridgehead atoms. The molecule has 0 aliphatic carbocycles. The van der Waals surface area contributed by atoms with Crippen molar-refractivity contribution >= 4 is 21.4 Å². The molecule has 0 fully saturated rings. The molecule has 0 aromatic heterocycles. The number of hydrogen-bond donors (Lipinski definition) is 2. The summed E-state index contributed by atoms with van der Waals surface area (Å²) in [4.78, 5) is 12.0. The van der Waals surface area contributed by atoms with Gasteiger partial charge in [-0.05, 0) is 25.1 Å². The lowest BCUT2D eigenvalue weighted by Crippen LogP contribution is -2.37. The van der Waals surface area contributed by atoms with Gasteiger partial charge in [0.2, 0.25) is 0 Å². The van der Waals surface area contributed by atoms with Gasteiger partial charge in [-0.15, -0.1) is 0 Å². The van der Waals surface area contributed by atoms with E-state index in [0.29, 0.717) is 11.4 Å². The Morgan fingerprint density at radius 3 is 2.63 bits per heavy atom. The maximum Gasteiger partial charge on any atom is 0.253 e. The number of nitrogen functional groups attached to an aromatic ring is 1. The first-order chi connectivity index (χ1) is 8.73. The fraction of sp³-hybridized carbons (Fsp3) is 0.417. The highest BCUT2D eigenvalue weighted by molar-refractivity contribution is 7.90. The highest BCUT2D eigenvalue weighted by atomic mass is 32.2. The lowest BCUT2D eigenvalue weighted by Gasteiger charge is -2.14. The number of amides is 1. The smallest absolute Gasteiger partial charge is 0.253 e. The van der Waals surface area contributed by atoms with Crippen LogP contribution in [-0.2, 0) is 9.84 Å². The third kappa shape index (κ3) is 4.78. The molecule has 6 nitrogen and oxygen atoms in total. The summed E-state index contributed by atoms with van der Waals surface area (Å²) in [6, 6.07) is 4.23. The topological polar surface area (TPSA) is 98.5 Å². The molecule has 1 amide bonds. The number of nitrogens with one attached hydrogen (secondary N) is 1. The van der Waals surface area contributed by atoms with Gasteiger partial charge in [0.15, 0.2) is 0 Å². The second-order valence-electron chi connectivity index (χ2n) is 4.42. The minimum atomic E-state index is -3.14. The molecule has 1 aromatic rings. The van der Waals surface area contributed by atoms with E-state index in [1.165, 1.54) is 13.2 Å². The van der Waals surface area contributed by atoms with Crippen LogP contribution in [0.5, 0.6) is 5.75 Å². The predicted molar refractivity (Wildman–Crippen MR) is 74.0 cm³/mol. The summed E-state index contributed by atoms with van der Waals surface area (Å²) in [5.41, 5.74) is 6.29. The van der Waals surface area contributed by atoms with Crippen molar-refractivity contribution in [2.45, 2.75) is 13.0 Å². The monoisotopic (exact) mass is 286 g/mol. The van der Waals surface area contributed by atoms with E-state index < -0.39 is 21.8 Å². The Bertz CT molecular complexity index is 569. The van der Waals surface area contributed by atoms with Crippen LogP contribution in [0.2, 0.25) is 0 Å². The quantitative estimate of drug-likeness (QED) is 0.765. The van der Waals surface area contributed by atoms with Crippen molar-refractivity contribution in [2.75, 3.05) is 24.9 Å². The second kappa shape index (κ2) is 5.92. The van der Waals surface area contributed by atoms with Crippen LogP contribution in [-0.4, -0.2) is 39.5 Å². The van der Waals surface area contributed by atoms with E-state index >= 15 is 0 Å². The maximum absolute atomic E-state index is 12.0. The Morgan fingerprint density at radius 1 is 1.47 bits per heavy atom. The van der Waals surface area contributed by atoms with E-state index in [0.717, 1.165) is 6.26 Å². The van der Waals surface area contributed by atoms with Crippen LogP contribution < -0.4 is 15.8 Å². The van der Waals surface area contributed by atoms with Gasteiger partial charge in [0.05, 0.1) is 18.4 Å². The molecule has 0 spiro atoms. The molecule has 7 heteroatoms. The van der Waals surface area contributed by atoms with Crippen LogP contribution >= 0.6 is 0 Å². The van der Waals surface area contributed by atoms with Gasteiger partial charge in [0, 0.05) is 18.0 Å². The molecular weight excluding hydrogens is 268 g/mol. The molecule has 0 aliphatic rings. The van der Waals surface area contributed by atoms with Crippen molar-refractivity contribution in [2.24, 2.45) is 0 Å². The average molecular weight is 286 g/mol. The van der Waals surface area contributed by atoms with E-state index in [2.05, 4.69) is 5.32 Å². The Hall–Kier alpha value is -1.76. The van der Waals surface area contributed by atoms with Crippen LogP contribution in [0.4, 0.5) is 5.69 Å². The minimum absolute atomic E-state index is 0.122. The van der Waals surface area contributed by atoms with Crippen LogP contribution in [0, 0.1) is 0 Å². The van der Waals surface area contributed by atoms with Gasteiger partial charge in [0.1, 0.15) is 15.6 Å². The molecule has 1 aromatic carbocycles. The SMILES string of the molecule is COc1ccc(N)c(C(=O)NC(C)CS(C)(=O)=O)c1. The van der Waals surface area contributed by atoms with Crippen LogP contribution in [0.3, 0.4) is 0 Å². The summed E-state index contributed by atoms with van der Waals surface area (Å²) in [5, 5.41) is 2.59. The van der Waals surface area contributed by atoms with Crippen molar-refractivity contribution in [1.29, 1.82) is 0 Å². The molecular formula is C12H18N2O4S. The molecule has 19 heavy (non-hydrogen) atoms. The summed E-state index contributed by atoms with van der Waals surface area (Å²) in [5.74, 6) is -0.0366. The number of carbonyl (C=O) groups is 1. The first kappa shape index (κ1) is 15.3. The van der Waals surface area contributed by atoms with Crippen molar-refractivity contribution in [1.82, 2.24) is 5.32 Å². The molecule has 0 radical (unpaired) electrons. The molecule has 106 valence electrons. The number of carbonyl (C=O) groups excluding carboxylic acids is 1. The van der Waals surface area contributed by atoms with Crippen molar-refractivity contribution in [3.05, 3.63) is 23.8 Å². The van der Waals surface area contributed by atoms with Crippen LogP contribution in [0.25, 0.3) is 0 Å². The molecule has 0 saturated heterocycles. The standard InChI is InChI=1S/C12H18N2O4S/c1-8(7-19(3,16)17)14-12(15)10-6-9(18-2)4-5-11(10)13/h4-6,8H,7,13H2,1-3H3,(H,14,15). The number of benzene rings is 1. The zero-order valence-electron chi connectivity index (χ0n) is 11.1. The Labute approximate surface area is 112 Å². The van der Waals surface area contributed by atoms with E-state index in [9.17, 15) is 13.2 Å². The Kier molecular flexibility index (Phi) is 4.77. The number of anilines is 1. The minimum Gasteiger partial charge on any atom is -0.497 e. The van der Waals surface area contributed by atoms with Gasteiger partial charge in [-0.2, -0.15) is 0 Å². The third-order valence-corrected chi connectivity index (χ3v) is 3.54. The van der Waals surface area contributed by atoms with Gasteiger partial charge in [-0.1, -0.05) is 0 Å². The number of rotatable bonds is 5. The van der Waals surface area contributed by atoms with Gasteiger partial charge < -0.3 is 15.8 Å². The van der Waals surface area contributed by atoms with Crippen LogP contribution in [0.15, 0.2) is 18.2 Å². The first-order valence-electron chi connectivity index (χ1n) is 5.65. The van der Waals surface area contributed by atoms with Gasteiger partial charge in [0.25, 0.3) is 5.91 Å². The highest BCUT2D eigenvalue weighted by Gasteiger charge is 2.16. The molecule has 1 unspecified atom stereocenters. The molecule has 1 atom stereocenters. The summed E-state index contributed by atoms with van der Waals surface area (Å²) in [6.45, 7) is 1.62. The molecule has 0 saturated carbocycles. The Balaban J connectivity index is 2.83. The molecule has 3 N–H and O–H groups in total. The lowest BCUT2D eigenvalue weighted by atomic mass is 10.1. The van der Waals surface area contributed by atoms with Gasteiger partial charge in [-0.3, -0.25) is 4.79 Å². The van der Waals surface area contributed by atoms with Gasteiger partial charge in [-0.25, -0.2) is 8.42 Å². The maximum atomic E-state index is 12.0. The fourth-order valence-corrected chi connectivity index (χ4v) is 2.65. The first-order valence-corrected chi connectivity index (χ1v) is 7.71. The average Bonchev–Trinajstić information content (AvgIpc) is 2.26. The van der Waals surface area contributed by atoms with Crippen molar-refractivity contribution < 1.29 is 17.9 Å². The number of nitrogens with two attached hydrogens (primary N) is 1. The van der Waals surface area contributed by atoms with Crippen molar-refractivity contribution in [3.8, 4) is 5.75 Å². The number of methoxy groups -OCH3 is 1. The number of ether oxygens (including phenoxy) is 1. The highest BCUT2D eigenvalue weighted by Crippen LogP contribution is 2.19. The van der Waals surface area contributed by atoms with Crippen LogP contribution in [0.1, 0.15) is 17.3 Å². The summed E-state index contributed by atoms with van der Waals surface area (Å²) >= 11 is 0. The molecule has 0 aliphatic heterocycles. The second-order valence-corrected chi connectivity index (χ2v) is 6.60. The molecule has 0 heterocycles.